The molecular weight excluding hydrogens is 318 g/mol. The second-order valence-electron chi connectivity index (χ2n) is 6.19. The molecule has 1 atom stereocenters. The summed E-state index contributed by atoms with van der Waals surface area (Å²) in [6.07, 6.45) is 5.92. The zero-order valence-corrected chi connectivity index (χ0v) is 14.2. The summed E-state index contributed by atoms with van der Waals surface area (Å²) < 4.78 is 1.78. The smallest absolute Gasteiger partial charge is 0.256 e. The molecule has 3 aromatic heterocycles. The summed E-state index contributed by atoms with van der Waals surface area (Å²) in [6, 6.07) is 3.98. The number of carbonyl (C=O) groups is 1. The molecule has 1 unspecified atom stereocenters. The van der Waals surface area contributed by atoms with Crippen molar-refractivity contribution < 1.29 is 4.79 Å². The van der Waals surface area contributed by atoms with Crippen molar-refractivity contribution in [2.75, 3.05) is 25.0 Å². The van der Waals surface area contributed by atoms with Crippen LogP contribution in [0, 0.1) is 6.92 Å². The highest BCUT2D eigenvalue weighted by atomic mass is 16.1. The van der Waals surface area contributed by atoms with Crippen LogP contribution in [0.5, 0.6) is 0 Å². The van der Waals surface area contributed by atoms with Crippen LogP contribution in [0.25, 0.3) is 5.65 Å². The lowest BCUT2D eigenvalue weighted by molar-refractivity contribution is 0.0964. The van der Waals surface area contributed by atoms with Gasteiger partial charge in [0.25, 0.3) is 5.91 Å². The quantitative estimate of drug-likeness (QED) is 0.772. The maximum atomic E-state index is 12.0. The van der Waals surface area contributed by atoms with E-state index in [0.29, 0.717) is 17.1 Å². The molecule has 1 fully saturated rings. The largest absolute Gasteiger partial charge is 0.356 e. The monoisotopic (exact) mass is 337 g/mol. The van der Waals surface area contributed by atoms with Crippen LogP contribution in [0.2, 0.25) is 0 Å². The molecular formula is C17H19N7O. The van der Waals surface area contributed by atoms with Crippen molar-refractivity contribution >= 4 is 17.4 Å². The molecule has 0 radical (unpaired) electrons. The highest BCUT2D eigenvalue weighted by Gasteiger charge is 2.28. The molecule has 4 heterocycles. The van der Waals surface area contributed by atoms with Crippen molar-refractivity contribution in [2.24, 2.45) is 0 Å². The third-order valence-electron chi connectivity index (χ3n) is 4.62. The van der Waals surface area contributed by atoms with Gasteiger partial charge in [0.2, 0.25) is 0 Å². The normalized spacial score (nSPS) is 17.2. The van der Waals surface area contributed by atoms with E-state index in [0.717, 1.165) is 36.7 Å². The number of aromatic nitrogens is 5. The summed E-state index contributed by atoms with van der Waals surface area (Å²) in [6.45, 7) is 3.74. The third-order valence-corrected chi connectivity index (χ3v) is 4.62. The highest BCUT2D eigenvalue weighted by Crippen LogP contribution is 2.30. The van der Waals surface area contributed by atoms with E-state index in [1.54, 1.807) is 30.3 Å². The first-order chi connectivity index (χ1) is 12.2. The van der Waals surface area contributed by atoms with Crippen molar-refractivity contribution in [2.45, 2.75) is 19.3 Å². The summed E-state index contributed by atoms with van der Waals surface area (Å²) in [4.78, 5) is 27.1. The zero-order valence-electron chi connectivity index (χ0n) is 14.2. The molecule has 1 aliphatic heterocycles. The van der Waals surface area contributed by atoms with Crippen molar-refractivity contribution in [3.8, 4) is 0 Å². The van der Waals surface area contributed by atoms with Gasteiger partial charge in [0.15, 0.2) is 5.65 Å². The lowest BCUT2D eigenvalue weighted by Crippen LogP contribution is -2.21. The fraction of sp³-hybridized carbons (Fsp3) is 0.353. The Bertz CT molecular complexity index is 936. The van der Waals surface area contributed by atoms with Crippen LogP contribution in [0.15, 0.2) is 30.9 Å². The number of nitrogens with zero attached hydrogens (tertiary/aromatic N) is 6. The Morgan fingerprint density at radius 2 is 2.20 bits per heavy atom. The molecule has 0 spiro atoms. The molecule has 1 saturated heterocycles. The van der Waals surface area contributed by atoms with Crippen LogP contribution >= 0.6 is 0 Å². The fourth-order valence-corrected chi connectivity index (χ4v) is 3.34. The highest BCUT2D eigenvalue weighted by molar-refractivity contribution is 5.99. The molecule has 1 aliphatic rings. The van der Waals surface area contributed by atoms with E-state index >= 15 is 0 Å². The van der Waals surface area contributed by atoms with Crippen LogP contribution in [-0.2, 0) is 0 Å². The molecule has 0 bridgehead atoms. The number of nitrogens with one attached hydrogen (secondary N) is 1. The molecule has 25 heavy (non-hydrogen) atoms. The Balaban J connectivity index is 1.65. The number of rotatable bonds is 3. The van der Waals surface area contributed by atoms with Crippen LogP contribution in [-0.4, -0.2) is 50.6 Å². The molecule has 0 aromatic carbocycles. The summed E-state index contributed by atoms with van der Waals surface area (Å²) in [5.41, 5.74) is 3.11. The predicted octanol–water partition coefficient (Wildman–Crippen LogP) is 1.18. The van der Waals surface area contributed by atoms with E-state index in [1.165, 1.54) is 0 Å². The van der Waals surface area contributed by atoms with Crippen LogP contribution < -0.4 is 10.2 Å². The predicted molar refractivity (Wildman–Crippen MR) is 92.7 cm³/mol. The topological polar surface area (TPSA) is 88.3 Å². The lowest BCUT2D eigenvalue weighted by Gasteiger charge is -2.18. The van der Waals surface area contributed by atoms with E-state index in [9.17, 15) is 4.79 Å². The van der Waals surface area contributed by atoms with Gasteiger partial charge in [-0.2, -0.15) is 5.10 Å². The number of anilines is 1. The average molecular weight is 337 g/mol. The fourth-order valence-electron chi connectivity index (χ4n) is 3.34. The van der Waals surface area contributed by atoms with Crippen molar-refractivity contribution in [1.29, 1.82) is 0 Å². The summed E-state index contributed by atoms with van der Waals surface area (Å²) in [5.74, 6) is 1.08. The van der Waals surface area contributed by atoms with Crippen LogP contribution in [0.3, 0.4) is 0 Å². The van der Waals surface area contributed by atoms with Crippen molar-refractivity contribution in [3.05, 3.63) is 47.8 Å². The van der Waals surface area contributed by atoms with Gasteiger partial charge in [0, 0.05) is 44.0 Å². The summed E-state index contributed by atoms with van der Waals surface area (Å²) in [7, 11) is 1.61. The number of fused-ring (bicyclic) bond motifs is 1. The van der Waals surface area contributed by atoms with Gasteiger partial charge in [0.05, 0.1) is 11.9 Å². The van der Waals surface area contributed by atoms with E-state index in [2.05, 4.69) is 30.3 Å². The van der Waals surface area contributed by atoms with Gasteiger partial charge < -0.3 is 10.2 Å². The van der Waals surface area contributed by atoms with Gasteiger partial charge in [-0.25, -0.2) is 19.5 Å². The van der Waals surface area contributed by atoms with Crippen LogP contribution in [0.4, 0.5) is 5.82 Å². The molecule has 0 aliphatic carbocycles. The maximum Gasteiger partial charge on any atom is 0.256 e. The Morgan fingerprint density at radius 3 is 3.00 bits per heavy atom. The van der Waals surface area contributed by atoms with E-state index < -0.39 is 0 Å². The van der Waals surface area contributed by atoms with Gasteiger partial charge in [-0.1, -0.05) is 0 Å². The van der Waals surface area contributed by atoms with E-state index in [1.807, 2.05) is 19.1 Å². The number of aryl methyl sites for hydroxylation is 1. The molecule has 1 N–H and O–H groups in total. The minimum Gasteiger partial charge on any atom is -0.356 e. The number of hydrogen-bond donors (Lipinski definition) is 1. The summed E-state index contributed by atoms with van der Waals surface area (Å²) >= 11 is 0. The first-order valence-corrected chi connectivity index (χ1v) is 8.25. The minimum atomic E-state index is -0.177. The van der Waals surface area contributed by atoms with Gasteiger partial charge in [-0.15, -0.1) is 0 Å². The molecule has 3 aromatic rings. The van der Waals surface area contributed by atoms with E-state index in [4.69, 9.17) is 0 Å². The number of carbonyl (C=O) groups excluding carboxylic acids is 1. The zero-order chi connectivity index (χ0) is 17.4. The van der Waals surface area contributed by atoms with Gasteiger partial charge in [-0.05, 0) is 19.4 Å². The van der Waals surface area contributed by atoms with Crippen LogP contribution in [0.1, 0.15) is 34.1 Å². The maximum absolute atomic E-state index is 12.0. The standard InChI is InChI=1S/C17H19N7O/c1-11-7-15(21-10-20-11)23-6-4-12(9-23)14-3-5-19-16-13(17(25)18-2)8-22-24(14)16/h3,5,7-8,10,12H,4,6,9H2,1-2H3,(H,18,25). The van der Waals surface area contributed by atoms with Gasteiger partial charge in [-0.3, -0.25) is 4.79 Å². The van der Waals surface area contributed by atoms with Gasteiger partial charge >= 0.3 is 0 Å². The SMILES string of the molecule is CNC(=O)c1cnn2c(C3CCN(c4cc(C)ncn4)C3)ccnc12. The molecule has 8 nitrogen and oxygen atoms in total. The second kappa shape index (κ2) is 6.12. The second-order valence-corrected chi connectivity index (χ2v) is 6.19. The molecule has 0 saturated carbocycles. The summed E-state index contributed by atoms with van der Waals surface area (Å²) in [5, 5.41) is 7.02. The first kappa shape index (κ1) is 15.5. The Labute approximate surface area is 144 Å². The number of hydrogen-bond acceptors (Lipinski definition) is 6. The molecule has 4 rings (SSSR count). The lowest BCUT2D eigenvalue weighted by atomic mass is 10.0. The minimum absolute atomic E-state index is 0.177. The Hall–Kier alpha value is -3.03. The Kier molecular flexibility index (Phi) is 3.79. The first-order valence-electron chi connectivity index (χ1n) is 8.25. The average Bonchev–Trinajstić information content (AvgIpc) is 3.28. The Morgan fingerprint density at radius 1 is 1.32 bits per heavy atom. The molecule has 128 valence electrons. The molecule has 8 heteroatoms. The van der Waals surface area contributed by atoms with Gasteiger partial charge in [0.1, 0.15) is 17.7 Å². The van der Waals surface area contributed by atoms with E-state index in [-0.39, 0.29) is 5.91 Å². The number of amides is 1. The van der Waals surface area contributed by atoms with Crippen molar-refractivity contribution in [3.63, 3.8) is 0 Å². The third kappa shape index (κ3) is 2.69. The molecule has 1 amide bonds. The van der Waals surface area contributed by atoms with Crippen molar-refractivity contribution in [1.82, 2.24) is 29.9 Å².